The fraction of sp³-hybridized carbons (Fsp3) is 0.174. The van der Waals surface area contributed by atoms with Gasteiger partial charge in [0.05, 0.1) is 6.04 Å². The lowest BCUT2D eigenvalue weighted by Crippen LogP contribution is -2.32. The van der Waals surface area contributed by atoms with Crippen LogP contribution in [0.4, 0.5) is 5.69 Å². The molecule has 0 radical (unpaired) electrons. The van der Waals surface area contributed by atoms with E-state index in [9.17, 15) is 9.59 Å². The van der Waals surface area contributed by atoms with Crippen LogP contribution in [0, 0.1) is 0 Å². The molecule has 1 N–H and O–H groups in total. The maximum atomic E-state index is 12.9. The Morgan fingerprint density at radius 1 is 0.893 bits per heavy atom. The van der Waals surface area contributed by atoms with Crippen molar-refractivity contribution in [3.05, 3.63) is 95.8 Å². The van der Waals surface area contributed by atoms with Crippen molar-refractivity contribution >= 4 is 17.5 Å². The van der Waals surface area contributed by atoms with Crippen LogP contribution in [0.25, 0.3) is 0 Å². The van der Waals surface area contributed by atoms with Crippen LogP contribution >= 0.6 is 0 Å². The Balaban J connectivity index is 1.77. The Kier molecular flexibility index (Phi) is 6.17. The second-order valence-electron chi connectivity index (χ2n) is 6.40. The Morgan fingerprint density at radius 2 is 1.50 bits per heavy atom. The van der Waals surface area contributed by atoms with Crippen LogP contribution in [0.5, 0.6) is 0 Å². The molecule has 0 spiro atoms. The normalized spacial score (nSPS) is 11.5. The van der Waals surface area contributed by atoms with Crippen LogP contribution in [-0.4, -0.2) is 23.3 Å². The van der Waals surface area contributed by atoms with Gasteiger partial charge in [0.1, 0.15) is 11.4 Å². The fourth-order valence-corrected chi connectivity index (χ4v) is 2.97. The van der Waals surface area contributed by atoms with Gasteiger partial charge in [-0.1, -0.05) is 54.6 Å². The van der Waals surface area contributed by atoms with Crippen molar-refractivity contribution in [2.75, 3.05) is 11.4 Å². The summed E-state index contributed by atoms with van der Waals surface area (Å²) in [5, 5.41) is 2.93. The number of para-hydroxylation sites is 1. The number of rotatable bonds is 6. The van der Waals surface area contributed by atoms with E-state index in [1.165, 1.54) is 0 Å². The summed E-state index contributed by atoms with van der Waals surface area (Å²) in [7, 11) is 0. The maximum absolute atomic E-state index is 12.9. The number of aromatic nitrogens is 1. The number of amides is 2. The lowest BCUT2D eigenvalue weighted by molar-refractivity contribution is 0.0934. The van der Waals surface area contributed by atoms with Gasteiger partial charge in [0.25, 0.3) is 11.8 Å². The van der Waals surface area contributed by atoms with Crippen molar-refractivity contribution in [2.45, 2.75) is 19.9 Å². The molecule has 0 aliphatic carbocycles. The zero-order valence-electron chi connectivity index (χ0n) is 16.0. The molecule has 0 fully saturated rings. The summed E-state index contributed by atoms with van der Waals surface area (Å²) >= 11 is 0. The molecule has 3 rings (SSSR count). The zero-order chi connectivity index (χ0) is 19.9. The quantitative estimate of drug-likeness (QED) is 0.703. The lowest BCUT2D eigenvalue weighted by Gasteiger charge is -2.21. The van der Waals surface area contributed by atoms with Crippen LogP contribution in [0.1, 0.15) is 46.4 Å². The maximum Gasteiger partial charge on any atom is 0.276 e. The van der Waals surface area contributed by atoms with Crippen LogP contribution in [0.3, 0.4) is 0 Å². The third-order valence-corrected chi connectivity index (χ3v) is 4.48. The van der Waals surface area contributed by atoms with Crippen LogP contribution in [-0.2, 0) is 0 Å². The largest absolute Gasteiger partial charge is 0.344 e. The van der Waals surface area contributed by atoms with Gasteiger partial charge in [-0.05, 0) is 43.7 Å². The molecule has 1 atom stereocenters. The van der Waals surface area contributed by atoms with Crippen molar-refractivity contribution in [1.82, 2.24) is 10.3 Å². The minimum absolute atomic E-state index is 0.161. The summed E-state index contributed by atoms with van der Waals surface area (Å²) in [6, 6.07) is 23.9. The van der Waals surface area contributed by atoms with Crippen LogP contribution < -0.4 is 10.2 Å². The third kappa shape index (κ3) is 4.43. The molecule has 5 nitrogen and oxygen atoms in total. The van der Waals surface area contributed by atoms with Crippen molar-refractivity contribution in [3.63, 3.8) is 0 Å². The second-order valence-corrected chi connectivity index (χ2v) is 6.40. The standard InChI is InChI=1S/C23H23N3O2/c1-3-26(19-13-8-5-9-14-19)23(28)21-16-10-15-20(25-21)22(27)24-17(2)18-11-6-4-7-12-18/h4-17H,3H2,1-2H3,(H,24,27). The molecule has 1 aromatic heterocycles. The number of benzene rings is 2. The topological polar surface area (TPSA) is 62.3 Å². The van der Waals surface area contributed by atoms with Gasteiger partial charge >= 0.3 is 0 Å². The number of pyridine rings is 1. The lowest BCUT2D eigenvalue weighted by atomic mass is 10.1. The molecule has 0 saturated carbocycles. The predicted molar refractivity (Wildman–Crippen MR) is 110 cm³/mol. The molecule has 1 heterocycles. The third-order valence-electron chi connectivity index (χ3n) is 4.48. The first kappa shape index (κ1) is 19.3. The van der Waals surface area contributed by atoms with Gasteiger partial charge in [-0.2, -0.15) is 0 Å². The highest BCUT2D eigenvalue weighted by Gasteiger charge is 2.19. The first-order chi connectivity index (χ1) is 13.6. The van der Waals surface area contributed by atoms with E-state index < -0.39 is 0 Å². The molecule has 3 aromatic rings. The number of carbonyl (C=O) groups excluding carboxylic acids is 2. The number of anilines is 1. The van der Waals surface area contributed by atoms with Gasteiger partial charge in [-0.25, -0.2) is 4.98 Å². The number of hydrogen-bond acceptors (Lipinski definition) is 3. The van der Waals surface area contributed by atoms with E-state index >= 15 is 0 Å². The van der Waals surface area contributed by atoms with Gasteiger partial charge in [-0.3, -0.25) is 9.59 Å². The minimum Gasteiger partial charge on any atom is -0.344 e. The van der Waals surface area contributed by atoms with Crippen molar-refractivity contribution in [3.8, 4) is 0 Å². The second kappa shape index (κ2) is 8.95. The Hall–Kier alpha value is -3.47. The summed E-state index contributed by atoms with van der Waals surface area (Å²) in [6.45, 7) is 4.32. The first-order valence-corrected chi connectivity index (χ1v) is 9.30. The fourth-order valence-electron chi connectivity index (χ4n) is 2.97. The van der Waals surface area contributed by atoms with E-state index in [0.29, 0.717) is 6.54 Å². The molecule has 0 saturated heterocycles. The monoisotopic (exact) mass is 373 g/mol. The highest BCUT2D eigenvalue weighted by atomic mass is 16.2. The molecule has 28 heavy (non-hydrogen) atoms. The molecule has 0 aliphatic heterocycles. The van der Waals surface area contributed by atoms with Crippen molar-refractivity contribution < 1.29 is 9.59 Å². The summed E-state index contributed by atoms with van der Waals surface area (Å²) in [5.41, 5.74) is 2.26. The number of carbonyl (C=O) groups is 2. The van der Waals surface area contributed by atoms with Gasteiger partial charge in [0, 0.05) is 12.2 Å². The van der Waals surface area contributed by atoms with Gasteiger partial charge in [0.15, 0.2) is 0 Å². The van der Waals surface area contributed by atoms with E-state index in [4.69, 9.17) is 0 Å². The van der Waals surface area contributed by atoms with Crippen LogP contribution in [0.2, 0.25) is 0 Å². The highest BCUT2D eigenvalue weighted by Crippen LogP contribution is 2.16. The zero-order valence-corrected chi connectivity index (χ0v) is 16.0. The smallest absolute Gasteiger partial charge is 0.276 e. The molecule has 5 heteroatoms. The highest BCUT2D eigenvalue weighted by molar-refractivity contribution is 6.05. The molecule has 142 valence electrons. The molecule has 0 aliphatic rings. The number of nitrogens with zero attached hydrogens (tertiary/aromatic N) is 2. The summed E-state index contributed by atoms with van der Waals surface area (Å²) in [6.07, 6.45) is 0. The van der Waals surface area contributed by atoms with Gasteiger partial charge in [-0.15, -0.1) is 0 Å². The van der Waals surface area contributed by atoms with E-state index in [1.54, 1.807) is 23.1 Å². The summed E-state index contributed by atoms with van der Waals surface area (Å²) in [4.78, 5) is 31.5. The van der Waals surface area contributed by atoms with E-state index in [2.05, 4.69) is 10.3 Å². The first-order valence-electron chi connectivity index (χ1n) is 9.30. The number of nitrogens with one attached hydrogen (secondary N) is 1. The summed E-state index contributed by atoms with van der Waals surface area (Å²) < 4.78 is 0. The van der Waals surface area contributed by atoms with Crippen molar-refractivity contribution in [2.24, 2.45) is 0 Å². The molecule has 2 amide bonds. The summed E-state index contributed by atoms with van der Waals surface area (Å²) in [5.74, 6) is -0.548. The molecule has 2 aromatic carbocycles. The predicted octanol–water partition coefficient (Wildman–Crippen LogP) is 4.24. The Labute approximate surface area is 165 Å². The van der Waals surface area contributed by atoms with E-state index in [1.807, 2.05) is 74.5 Å². The SMILES string of the molecule is CCN(C(=O)c1cccc(C(=O)NC(C)c2ccccc2)n1)c1ccccc1. The molecular weight excluding hydrogens is 350 g/mol. The van der Waals surface area contributed by atoms with Crippen LogP contribution in [0.15, 0.2) is 78.9 Å². The van der Waals surface area contributed by atoms with Crippen molar-refractivity contribution in [1.29, 1.82) is 0 Å². The Bertz CT molecular complexity index is 942. The van der Waals surface area contributed by atoms with E-state index in [0.717, 1.165) is 11.3 Å². The average molecular weight is 373 g/mol. The Morgan fingerprint density at radius 3 is 2.14 bits per heavy atom. The average Bonchev–Trinajstić information content (AvgIpc) is 2.75. The van der Waals surface area contributed by atoms with E-state index in [-0.39, 0.29) is 29.2 Å². The molecule has 1 unspecified atom stereocenters. The number of hydrogen-bond donors (Lipinski definition) is 1. The van der Waals surface area contributed by atoms with Gasteiger partial charge in [0.2, 0.25) is 0 Å². The minimum atomic E-state index is -0.311. The molecular formula is C23H23N3O2. The molecule has 0 bridgehead atoms. The van der Waals surface area contributed by atoms with Gasteiger partial charge < -0.3 is 10.2 Å².